The average Bonchev–Trinajstić information content (AvgIpc) is 2.82. The molecule has 0 spiro atoms. The molecule has 0 fully saturated rings. The van der Waals surface area contributed by atoms with Crippen molar-refractivity contribution in [3.05, 3.63) is 47.5 Å². The van der Waals surface area contributed by atoms with Crippen LogP contribution in [0.3, 0.4) is 0 Å². The Hall–Kier alpha value is -2.35. The van der Waals surface area contributed by atoms with E-state index in [0.29, 0.717) is 5.69 Å². The first-order valence-electron chi connectivity index (χ1n) is 5.16. The van der Waals surface area contributed by atoms with Crippen LogP contribution < -0.4 is 5.32 Å². The molecule has 17 heavy (non-hydrogen) atoms. The highest BCUT2D eigenvalue weighted by molar-refractivity contribution is 5.58. The quantitative estimate of drug-likeness (QED) is 0.851. The first-order chi connectivity index (χ1) is 8.22. The molecule has 0 bridgehead atoms. The first kappa shape index (κ1) is 11.1. The number of aromatic nitrogens is 2. The molecule has 5 heteroatoms. The van der Waals surface area contributed by atoms with E-state index in [-0.39, 0.29) is 11.6 Å². The molecule has 0 radical (unpaired) electrons. The summed E-state index contributed by atoms with van der Waals surface area (Å²) in [5.41, 5.74) is 1.46. The predicted molar refractivity (Wildman–Crippen MR) is 61.7 cm³/mol. The standard InChI is InChI=1S/C12H11FN4/c1-8(9-6-15-16-7-9)17-12-4-2-3-11(13)10(12)5-14/h2-4,6-8,17H,1H3,(H,15,16). The lowest BCUT2D eigenvalue weighted by molar-refractivity contribution is 0.624. The number of nitrogens with zero attached hydrogens (tertiary/aromatic N) is 2. The highest BCUT2D eigenvalue weighted by atomic mass is 19.1. The highest BCUT2D eigenvalue weighted by Gasteiger charge is 2.11. The average molecular weight is 230 g/mol. The Balaban J connectivity index is 2.25. The lowest BCUT2D eigenvalue weighted by Gasteiger charge is -2.14. The summed E-state index contributed by atoms with van der Waals surface area (Å²) in [6.45, 7) is 1.91. The van der Waals surface area contributed by atoms with Crippen LogP contribution in [0.2, 0.25) is 0 Å². The van der Waals surface area contributed by atoms with Gasteiger partial charge in [-0.05, 0) is 19.1 Å². The Bertz CT molecular complexity index is 542. The number of anilines is 1. The molecule has 0 amide bonds. The van der Waals surface area contributed by atoms with Crippen molar-refractivity contribution in [2.24, 2.45) is 0 Å². The van der Waals surface area contributed by atoms with Crippen molar-refractivity contribution in [1.82, 2.24) is 10.2 Å². The van der Waals surface area contributed by atoms with Gasteiger partial charge in [-0.3, -0.25) is 5.10 Å². The van der Waals surface area contributed by atoms with Crippen molar-refractivity contribution in [2.45, 2.75) is 13.0 Å². The van der Waals surface area contributed by atoms with Gasteiger partial charge >= 0.3 is 0 Å². The Morgan fingerprint density at radius 1 is 1.53 bits per heavy atom. The van der Waals surface area contributed by atoms with Gasteiger partial charge in [0, 0.05) is 11.8 Å². The third-order valence-electron chi connectivity index (χ3n) is 2.52. The van der Waals surface area contributed by atoms with Crippen LogP contribution in [0.4, 0.5) is 10.1 Å². The van der Waals surface area contributed by atoms with E-state index < -0.39 is 5.82 Å². The molecular weight excluding hydrogens is 219 g/mol. The van der Waals surface area contributed by atoms with E-state index in [4.69, 9.17) is 5.26 Å². The van der Waals surface area contributed by atoms with E-state index >= 15 is 0 Å². The lowest BCUT2D eigenvalue weighted by Crippen LogP contribution is -2.07. The van der Waals surface area contributed by atoms with E-state index in [1.165, 1.54) is 6.07 Å². The molecule has 2 N–H and O–H groups in total. The molecule has 86 valence electrons. The summed E-state index contributed by atoms with van der Waals surface area (Å²) < 4.78 is 13.4. The van der Waals surface area contributed by atoms with E-state index in [1.54, 1.807) is 24.5 Å². The van der Waals surface area contributed by atoms with Crippen LogP contribution in [0.5, 0.6) is 0 Å². The fourth-order valence-corrected chi connectivity index (χ4v) is 1.57. The van der Waals surface area contributed by atoms with Crippen LogP contribution in [-0.4, -0.2) is 10.2 Å². The van der Waals surface area contributed by atoms with Gasteiger partial charge in [-0.2, -0.15) is 10.4 Å². The molecule has 0 saturated carbocycles. The smallest absolute Gasteiger partial charge is 0.143 e. The van der Waals surface area contributed by atoms with Crippen molar-refractivity contribution in [3.8, 4) is 6.07 Å². The number of benzene rings is 1. The molecule has 1 aromatic heterocycles. The number of H-pyrrole nitrogens is 1. The van der Waals surface area contributed by atoms with Crippen molar-refractivity contribution in [3.63, 3.8) is 0 Å². The van der Waals surface area contributed by atoms with Gasteiger partial charge < -0.3 is 5.32 Å². The summed E-state index contributed by atoms with van der Waals surface area (Å²) in [6, 6.07) is 6.32. The summed E-state index contributed by atoms with van der Waals surface area (Å²) in [5.74, 6) is -0.517. The minimum atomic E-state index is -0.517. The largest absolute Gasteiger partial charge is 0.377 e. The predicted octanol–water partition coefficient (Wildman–Crippen LogP) is 2.59. The topological polar surface area (TPSA) is 64.5 Å². The summed E-state index contributed by atoms with van der Waals surface area (Å²) in [7, 11) is 0. The van der Waals surface area contributed by atoms with Crippen molar-refractivity contribution in [2.75, 3.05) is 5.32 Å². The van der Waals surface area contributed by atoms with Gasteiger partial charge in [-0.25, -0.2) is 4.39 Å². The molecule has 1 heterocycles. The van der Waals surface area contributed by atoms with Crippen LogP contribution in [0.15, 0.2) is 30.6 Å². The van der Waals surface area contributed by atoms with Gasteiger partial charge in [0.1, 0.15) is 17.4 Å². The third-order valence-corrected chi connectivity index (χ3v) is 2.52. The van der Waals surface area contributed by atoms with Gasteiger partial charge in [0.2, 0.25) is 0 Å². The summed E-state index contributed by atoms with van der Waals surface area (Å²) in [5, 5.41) is 18.5. The first-order valence-corrected chi connectivity index (χ1v) is 5.16. The summed E-state index contributed by atoms with van der Waals surface area (Å²) in [6.07, 6.45) is 3.44. The lowest BCUT2D eigenvalue weighted by atomic mass is 10.1. The van der Waals surface area contributed by atoms with E-state index in [0.717, 1.165) is 5.56 Å². The van der Waals surface area contributed by atoms with Crippen molar-refractivity contribution in [1.29, 1.82) is 5.26 Å². The zero-order chi connectivity index (χ0) is 12.3. The Kier molecular flexibility index (Phi) is 3.06. The number of nitriles is 1. The Morgan fingerprint density at radius 2 is 2.35 bits per heavy atom. The van der Waals surface area contributed by atoms with Gasteiger partial charge in [0.15, 0.2) is 0 Å². The maximum atomic E-state index is 13.4. The third kappa shape index (κ3) is 2.26. The molecule has 1 unspecified atom stereocenters. The zero-order valence-corrected chi connectivity index (χ0v) is 9.24. The second-order valence-electron chi connectivity index (χ2n) is 3.67. The minimum Gasteiger partial charge on any atom is -0.377 e. The van der Waals surface area contributed by atoms with Crippen LogP contribution in [0, 0.1) is 17.1 Å². The molecule has 4 nitrogen and oxygen atoms in total. The van der Waals surface area contributed by atoms with Crippen LogP contribution in [0.1, 0.15) is 24.1 Å². The molecule has 2 rings (SSSR count). The number of hydrogen-bond acceptors (Lipinski definition) is 3. The van der Waals surface area contributed by atoms with E-state index in [9.17, 15) is 4.39 Å². The summed E-state index contributed by atoms with van der Waals surface area (Å²) in [4.78, 5) is 0. The van der Waals surface area contributed by atoms with Gasteiger partial charge in [-0.15, -0.1) is 0 Å². The second kappa shape index (κ2) is 4.66. The number of rotatable bonds is 3. The fraction of sp³-hybridized carbons (Fsp3) is 0.167. The van der Waals surface area contributed by atoms with Gasteiger partial charge in [0.05, 0.1) is 17.9 Å². The molecule has 1 aromatic carbocycles. The van der Waals surface area contributed by atoms with Crippen molar-refractivity contribution >= 4 is 5.69 Å². The number of aromatic amines is 1. The maximum Gasteiger partial charge on any atom is 0.143 e. The van der Waals surface area contributed by atoms with Crippen molar-refractivity contribution < 1.29 is 4.39 Å². The highest BCUT2D eigenvalue weighted by Crippen LogP contribution is 2.23. The minimum absolute atomic E-state index is 0.0304. The monoisotopic (exact) mass is 230 g/mol. The zero-order valence-electron chi connectivity index (χ0n) is 9.24. The Morgan fingerprint density at radius 3 is 3.00 bits per heavy atom. The second-order valence-corrected chi connectivity index (χ2v) is 3.67. The van der Waals surface area contributed by atoms with Crippen LogP contribution >= 0.6 is 0 Å². The van der Waals surface area contributed by atoms with Crippen LogP contribution in [-0.2, 0) is 0 Å². The number of hydrogen-bond donors (Lipinski definition) is 2. The van der Waals surface area contributed by atoms with Gasteiger partial charge in [-0.1, -0.05) is 6.07 Å². The van der Waals surface area contributed by atoms with E-state index in [2.05, 4.69) is 15.5 Å². The summed E-state index contributed by atoms with van der Waals surface area (Å²) >= 11 is 0. The number of halogens is 1. The normalized spacial score (nSPS) is 11.8. The van der Waals surface area contributed by atoms with E-state index in [1.807, 2.05) is 13.0 Å². The molecule has 1 atom stereocenters. The molecule has 0 aliphatic heterocycles. The maximum absolute atomic E-state index is 13.4. The molecular formula is C12H11FN4. The SMILES string of the molecule is CC(Nc1cccc(F)c1C#N)c1cn[nH]c1. The molecule has 0 saturated heterocycles. The number of nitrogens with one attached hydrogen (secondary N) is 2. The fourth-order valence-electron chi connectivity index (χ4n) is 1.57. The molecule has 0 aliphatic rings. The van der Waals surface area contributed by atoms with Gasteiger partial charge in [0.25, 0.3) is 0 Å². The molecule has 2 aromatic rings. The van der Waals surface area contributed by atoms with Crippen LogP contribution in [0.25, 0.3) is 0 Å². The Labute approximate surface area is 98.1 Å². The molecule has 0 aliphatic carbocycles.